The first-order valence-electron chi connectivity index (χ1n) is 42.4. The van der Waals surface area contributed by atoms with Gasteiger partial charge in [0, 0.05) is 19.3 Å². The SMILES string of the molecule is CC/C=C\C/C=C\C/C=C\C/C=C\C/C=C\C/C=C\CCCCCCC(=O)OC(COC(=O)CCCCCCCCCCC/C=C\C/C=C\C/C=C\C/C=C\CCCCC)COP(=O)(O)OCC(O)COP(=O)(O)OCC(O)COC(=O)CCCCCCCCCCC/C=C\C/C=C\C/C=C\C/C=C\CCCCC. The van der Waals surface area contributed by atoms with E-state index >= 15 is 0 Å². The van der Waals surface area contributed by atoms with Crippen molar-refractivity contribution >= 4 is 33.6 Å². The van der Waals surface area contributed by atoms with Crippen molar-refractivity contribution in [1.82, 2.24) is 0 Å². The van der Waals surface area contributed by atoms with Crippen LogP contribution in [0.2, 0.25) is 0 Å². The van der Waals surface area contributed by atoms with Crippen LogP contribution in [0.4, 0.5) is 0 Å². The zero-order valence-electron chi connectivity index (χ0n) is 68.2. The molecule has 0 saturated carbocycles. The van der Waals surface area contributed by atoms with Gasteiger partial charge >= 0.3 is 33.6 Å². The van der Waals surface area contributed by atoms with Crippen LogP contribution >= 0.6 is 15.6 Å². The second-order valence-electron chi connectivity index (χ2n) is 27.9. The summed E-state index contributed by atoms with van der Waals surface area (Å²) in [4.78, 5) is 58.9. The van der Waals surface area contributed by atoms with Crippen molar-refractivity contribution in [3.05, 3.63) is 170 Å². The van der Waals surface area contributed by atoms with Crippen LogP contribution in [0.15, 0.2) is 170 Å². The highest BCUT2D eigenvalue weighted by atomic mass is 31.2. The third kappa shape index (κ3) is 83.7. The fourth-order valence-electron chi connectivity index (χ4n) is 11.0. The number of allylic oxidation sites excluding steroid dienone is 28. The lowest BCUT2D eigenvalue weighted by Crippen LogP contribution is -2.30. The summed E-state index contributed by atoms with van der Waals surface area (Å²) in [5, 5.41) is 20.7. The summed E-state index contributed by atoms with van der Waals surface area (Å²) in [5.41, 5.74) is 0. The van der Waals surface area contributed by atoms with Crippen LogP contribution in [-0.2, 0) is 55.8 Å². The Balaban J connectivity index is 4.74. The molecule has 0 aromatic carbocycles. The molecule has 0 aromatic heterocycles. The Bertz CT molecular complexity index is 2660. The molecule has 0 fully saturated rings. The van der Waals surface area contributed by atoms with Gasteiger partial charge in [-0.25, -0.2) is 9.13 Å². The van der Waals surface area contributed by atoms with Gasteiger partial charge in [0.25, 0.3) is 0 Å². The molecule has 0 rings (SSSR count). The van der Waals surface area contributed by atoms with E-state index in [1.165, 1.54) is 103 Å². The Labute approximate surface area is 662 Å². The average Bonchev–Trinajstić information content (AvgIpc) is 0.903. The average molecular weight is 1560 g/mol. The molecular formula is C91H152O16P2. The Hall–Kier alpha value is -5.09. The van der Waals surface area contributed by atoms with Crippen molar-refractivity contribution in [2.45, 2.75) is 347 Å². The quantitative estimate of drug-likeness (QED) is 0.0146. The number of rotatable bonds is 79. The van der Waals surface area contributed by atoms with Crippen LogP contribution in [0.5, 0.6) is 0 Å². The van der Waals surface area contributed by atoms with Crippen molar-refractivity contribution in [1.29, 1.82) is 0 Å². The molecule has 0 aliphatic rings. The maximum Gasteiger partial charge on any atom is 0.472 e. The van der Waals surface area contributed by atoms with Gasteiger partial charge in [-0.15, -0.1) is 0 Å². The standard InChI is InChI=1S/C91H152O16P2/c1-4-7-10-13-16-19-22-25-28-31-34-37-40-42-45-47-50-53-56-59-62-65-68-71-74-77-89(94)101-80-86(92)81-103-108(97,98)104-82-87(93)83-105-109(99,100)106-85-88(107-91(96)79-76-73-70-67-64-61-58-55-52-49-44-39-36-33-30-27-24-21-18-15-12-9-6-3)84-102-90(95)78-75-72-69-66-63-60-57-54-51-48-46-43-41-38-35-32-29-26-23-20-17-14-11-8-5-2/h9,12,16-21,25-30,34-39,42-43,45-46,49,52,58,61,86-88,92-93H,4-8,10-11,13-15,22-24,31-33,40-41,44,47-48,50-51,53-57,59-60,62-85H2,1-3H3,(H,97,98)(H,99,100)/b12-9-,19-16-,20-17-,21-18-,28-25-,29-26-,30-27-,37-34-,38-35-,39-36-,45-42-,46-43-,52-49-,61-58-. The molecule has 0 bridgehead atoms. The molecule has 0 aromatic rings. The molecule has 0 saturated heterocycles. The number of phosphoric acid groups is 2. The highest BCUT2D eigenvalue weighted by Crippen LogP contribution is 2.45. The number of ether oxygens (including phenoxy) is 3. The van der Waals surface area contributed by atoms with Crippen LogP contribution in [-0.4, -0.2) is 95.9 Å². The molecule has 5 atom stereocenters. The number of phosphoric ester groups is 2. The number of hydrogen-bond donors (Lipinski definition) is 4. The van der Waals surface area contributed by atoms with E-state index in [-0.39, 0.29) is 19.3 Å². The molecule has 0 spiro atoms. The second kappa shape index (κ2) is 82.4. The third-order valence-electron chi connectivity index (χ3n) is 17.4. The number of aliphatic hydroxyl groups excluding tert-OH is 2. The lowest BCUT2D eigenvalue weighted by atomic mass is 10.1. The molecule has 622 valence electrons. The summed E-state index contributed by atoms with van der Waals surface area (Å²) in [7, 11) is -9.82. The van der Waals surface area contributed by atoms with Crippen molar-refractivity contribution in [2.75, 3.05) is 39.6 Å². The van der Waals surface area contributed by atoms with E-state index in [9.17, 15) is 43.5 Å². The number of hydrogen-bond acceptors (Lipinski definition) is 14. The minimum absolute atomic E-state index is 0.0668. The monoisotopic (exact) mass is 1560 g/mol. The van der Waals surface area contributed by atoms with Crippen molar-refractivity contribution in [2.24, 2.45) is 0 Å². The fraction of sp³-hybridized carbons (Fsp3) is 0.659. The Morgan fingerprint density at radius 3 is 0.771 bits per heavy atom. The smallest absolute Gasteiger partial charge is 0.463 e. The summed E-state index contributed by atoms with van der Waals surface area (Å²) < 4.78 is 61.3. The number of aliphatic hydroxyl groups is 2. The van der Waals surface area contributed by atoms with Crippen molar-refractivity contribution in [3.63, 3.8) is 0 Å². The van der Waals surface area contributed by atoms with Gasteiger partial charge in [-0.3, -0.25) is 32.5 Å². The van der Waals surface area contributed by atoms with E-state index < -0.39 is 91.5 Å². The first-order valence-corrected chi connectivity index (χ1v) is 45.4. The van der Waals surface area contributed by atoms with Crippen molar-refractivity contribution < 1.29 is 75.8 Å². The van der Waals surface area contributed by atoms with Gasteiger partial charge < -0.3 is 34.2 Å². The maximum atomic E-state index is 13.0. The normalized spacial score (nSPS) is 14.7. The zero-order chi connectivity index (χ0) is 79.4. The summed E-state index contributed by atoms with van der Waals surface area (Å²) >= 11 is 0. The lowest BCUT2D eigenvalue weighted by Gasteiger charge is -2.21. The summed E-state index contributed by atoms with van der Waals surface area (Å²) in [6.45, 7) is 2.48. The fourth-order valence-corrected chi connectivity index (χ4v) is 12.5. The van der Waals surface area contributed by atoms with Crippen molar-refractivity contribution in [3.8, 4) is 0 Å². The molecule has 4 N–H and O–H groups in total. The van der Waals surface area contributed by atoms with E-state index in [4.69, 9.17) is 32.3 Å². The van der Waals surface area contributed by atoms with Gasteiger partial charge in [-0.2, -0.15) is 0 Å². The third-order valence-corrected chi connectivity index (χ3v) is 19.3. The van der Waals surface area contributed by atoms with Gasteiger partial charge in [-0.05, 0) is 161 Å². The minimum atomic E-state index is -4.95. The number of esters is 3. The first kappa shape index (κ1) is 104. The van der Waals surface area contributed by atoms with Gasteiger partial charge in [0.05, 0.1) is 26.4 Å². The topological polar surface area (TPSA) is 231 Å². The number of unbranched alkanes of at least 4 members (excludes halogenated alkanes) is 28. The molecule has 18 heteroatoms. The van der Waals surface area contributed by atoms with E-state index in [0.29, 0.717) is 19.3 Å². The highest BCUT2D eigenvalue weighted by Gasteiger charge is 2.29. The molecule has 0 heterocycles. The Morgan fingerprint density at radius 2 is 0.486 bits per heavy atom. The van der Waals surface area contributed by atoms with Crippen LogP contribution in [0.1, 0.15) is 329 Å². The van der Waals surface area contributed by atoms with Crippen LogP contribution in [0, 0.1) is 0 Å². The molecule has 0 amide bonds. The predicted octanol–water partition coefficient (Wildman–Crippen LogP) is 25.5. The van der Waals surface area contributed by atoms with Gasteiger partial charge in [0.15, 0.2) is 6.10 Å². The van der Waals surface area contributed by atoms with Gasteiger partial charge in [0.2, 0.25) is 0 Å². The van der Waals surface area contributed by atoms with E-state index in [2.05, 4.69) is 191 Å². The largest absolute Gasteiger partial charge is 0.472 e. The number of carbonyl (C=O) groups excluding carboxylic acids is 3. The van der Waals surface area contributed by atoms with E-state index in [1.54, 1.807) is 0 Å². The second-order valence-corrected chi connectivity index (χ2v) is 30.8. The molecular weight excluding hydrogens is 1410 g/mol. The van der Waals surface area contributed by atoms with E-state index in [0.717, 1.165) is 167 Å². The summed E-state index contributed by atoms with van der Waals surface area (Å²) in [6.07, 6.45) is 105. The van der Waals surface area contributed by atoms with Gasteiger partial charge in [0.1, 0.15) is 25.4 Å². The van der Waals surface area contributed by atoms with Crippen LogP contribution < -0.4 is 0 Å². The van der Waals surface area contributed by atoms with Gasteiger partial charge in [-0.1, -0.05) is 319 Å². The molecule has 0 aliphatic carbocycles. The predicted molar refractivity (Wildman–Crippen MR) is 454 cm³/mol. The molecule has 109 heavy (non-hydrogen) atoms. The zero-order valence-corrected chi connectivity index (χ0v) is 70.0. The first-order chi connectivity index (χ1) is 53.2. The molecule has 0 aliphatic heterocycles. The van der Waals surface area contributed by atoms with E-state index in [1.807, 2.05) is 0 Å². The number of carbonyl (C=O) groups is 3. The molecule has 5 unspecified atom stereocenters. The molecule has 0 radical (unpaired) electrons. The summed E-state index contributed by atoms with van der Waals surface area (Å²) in [5.74, 6) is -1.62. The highest BCUT2D eigenvalue weighted by molar-refractivity contribution is 7.47. The molecule has 16 nitrogen and oxygen atoms in total. The Kier molecular flexibility index (Phi) is 78.5. The summed E-state index contributed by atoms with van der Waals surface area (Å²) in [6, 6.07) is 0. The minimum Gasteiger partial charge on any atom is -0.463 e. The Morgan fingerprint density at radius 1 is 0.266 bits per heavy atom. The maximum absolute atomic E-state index is 13.0. The van der Waals surface area contributed by atoms with Crippen LogP contribution in [0.3, 0.4) is 0 Å². The lowest BCUT2D eigenvalue weighted by molar-refractivity contribution is -0.161. The van der Waals surface area contributed by atoms with Crippen LogP contribution in [0.25, 0.3) is 0 Å².